The maximum Gasteiger partial charge on any atom is 0.339 e. The van der Waals surface area contributed by atoms with Gasteiger partial charge in [0.15, 0.2) is 6.23 Å². The van der Waals surface area contributed by atoms with Crippen molar-refractivity contribution in [2.75, 3.05) is 13.2 Å². The second-order valence-corrected chi connectivity index (χ2v) is 9.89. The van der Waals surface area contributed by atoms with Gasteiger partial charge in [0.1, 0.15) is 5.54 Å². The summed E-state index contributed by atoms with van der Waals surface area (Å²) in [6, 6.07) is 6.92. The van der Waals surface area contributed by atoms with Gasteiger partial charge in [-0.05, 0) is 66.4 Å². The fourth-order valence-electron chi connectivity index (χ4n) is 5.02. The number of rotatable bonds is 5. The highest BCUT2D eigenvalue weighted by molar-refractivity contribution is 5.91. The first-order valence-electron chi connectivity index (χ1n) is 11.1. The molecule has 1 N–H and O–H groups in total. The molecule has 5 nitrogen and oxygen atoms in total. The second kappa shape index (κ2) is 7.24. The quantitative estimate of drug-likeness (QED) is 0.575. The van der Waals surface area contributed by atoms with Crippen LogP contribution in [0, 0.1) is 0 Å². The van der Waals surface area contributed by atoms with Crippen molar-refractivity contribution in [2.24, 2.45) is 0 Å². The van der Waals surface area contributed by atoms with Gasteiger partial charge >= 0.3 is 5.97 Å². The first-order valence-corrected chi connectivity index (χ1v) is 11.1. The van der Waals surface area contributed by atoms with Gasteiger partial charge in [-0.3, -0.25) is 4.84 Å². The molecule has 1 aromatic rings. The van der Waals surface area contributed by atoms with Crippen LogP contribution < -0.4 is 5.48 Å². The highest BCUT2D eigenvalue weighted by Gasteiger charge is 2.52. The summed E-state index contributed by atoms with van der Waals surface area (Å²) in [4.78, 5) is 20.1. The van der Waals surface area contributed by atoms with E-state index in [-0.39, 0.29) is 23.0 Å². The van der Waals surface area contributed by atoms with E-state index < -0.39 is 5.54 Å². The minimum absolute atomic E-state index is 0.126. The molecule has 4 rings (SSSR count). The predicted molar refractivity (Wildman–Crippen MR) is 118 cm³/mol. The van der Waals surface area contributed by atoms with Gasteiger partial charge < -0.3 is 9.64 Å². The molecule has 0 aromatic heterocycles. The van der Waals surface area contributed by atoms with Gasteiger partial charge in [-0.25, -0.2) is 4.79 Å². The van der Waals surface area contributed by atoms with Gasteiger partial charge in [-0.2, -0.15) is 5.48 Å². The highest BCUT2D eigenvalue weighted by Crippen LogP contribution is 2.49. The Morgan fingerprint density at radius 3 is 2.43 bits per heavy atom. The number of hydroxylamine groups is 1. The number of nitrogens with zero attached hydrogens (tertiary/aromatic N) is 1. The zero-order valence-electron chi connectivity index (χ0n) is 19.0. The van der Waals surface area contributed by atoms with E-state index in [0.29, 0.717) is 12.2 Å². The molecule has 0 spiro atoms. The third kappa shape index (κ3) is 3.28. The summed E-state index contributed by atoms with van der Waals surface area (Å²) in [6.07, 6.45) is 8.08. The lowest BCUT2D eigenvalue weighted by atomic mass is 9.62. The number of carbonyl (C=O) groups excluding carboxylic acids is 1. The largest absolute Gasteiger partial charge is 0.462 e. The molecule has 2 atom stereocenters. The Kier molecular flexibility index (Phi) is 5.10. The number of esters is 1. The molecule has 0 bridgehead atoms. The van der Waals surface area contributed by atoms with Crippen molar-refractivity contribution < 1.29 is 14.4 Å². The van der Waals surface area contributed by atoms with Crippen molar-refractivity contribution in [2.45, 2.75) is 77.0 Å². The van der Waals surface area contributed by atoms with Crippen LogP contribution >= 0.6 is 0 Å². The summed E-state index contributed by atoms with van der Waals surface area (Å²) in [5.41, 5.74) is 7.45. The molecule has 2 unspecified atom stereocenters. The number of fused-ring (bicyclic) bond motifs is 1. The van der Waals surface area contributed by atoms with E-state index >= 15 is 0 Å². The minimum Gasteiger partial charge on any atom is -0.462 e. The van der Waals surface area contributed by atoms with E-state index in [0.717, 1.165) is 6.54 Å². The number of carbonyl (C=O) groups is 1. The summed E-state index contributed by atoms with van der Waals surface area (Å²) in [6.45, 7) is 14.4. The van der Waals surface area contributed by atoms with Crippen LogP contribution in [-0.2, 0) is 30.7 Å². The molecule has 2 aliphatic heterocycles. The molecule has 1 aliphatic carbocycles. The van der Waals surface area contributed by atoms with Gasteiger partial charge in [0.05, 0.1) is 12.2 Å². The molecule has 30 heavy (non-hydrogen) atoms. The number of ether oxygens (including phenoxy) is 1. The molecule has 162 valence electrons. The molecule has 2 heterocycles. The van der Waals surface area contributed by atoms with E-state index in [1.165, 1.54) is 29.5 Å². The normalized spacial score (nSPS) is 28.5. The summed E-state index contributed by atoms with van der Waals surface area (Å²) < 4.78 is 5.22. The molecular weight excluding hydrogens is 376 g/mol. The molecule has 3 aliphatic rings. The van der Waals surface area contributed by atoms with Gasteiger partial charge in [-0.1, -0.05) is 45.9 Å². The molecule has 1 fully saturated rings. The third-order valence-corrected chi connectivity index (χ3v) is 7.09. The standard InChI is InChI=1S/C25H34N2O3/c1-7-27-16-17(21(28)29-8-2)11-12-25(27,22-26-30-22)18-9-10-19-20(15-18)24(5,6)14-13-23(19,3)4/h9-12,15-16,22,26H,7-8,13-14H2,1-6H3. The predicted octanol–water partition coefficient (Wildman–Crippen LogP) is 4.43. The Morgan fingerprint density at radius 2 is 1.83 bits per heavy atom. The fourth-order valence-corrected chi connectivity index (χ4v) is 5.02. The average Bonchev–Trinajstić information content (AvgIpc) is 3.56. The lowest BCUT2D eigenvalue weighted by Crippen LogP contribution is -2.49. The minimum atomic E-state index is -0.503. The van der Waals surface area contributed by atoms with Crippen LogP contribution in [0.25, 0.3) is 0 Å². The van der Waals surface area contributed by atoms with Crippen LogP contribution in [0.5, 0.6) is 0 Å². The molecule has 1 saturated heterocycles. The van der Waals surface area contributed by atoms with Gasteiger partial charge in [0.25, 0.3) is 0 Å². The number of benzene rings is 1. The topological polar surface area (TPSA) is 64.0 Å². The number of nitrogens with one attached hydrogen (secondary N) is 1. The Labute approximate surface area is 180 Å². The number of hydrogen-bond donors (Lipinski definition) is 1. The zero-order chi connectivity index (χ0) is 21.7. The van der Waals surface area contributed by atoms with E-state index in [1.807, 2.05) is 19.2 Å². The smallest absolute Gasteiger partial charge is 0.339 e. The van der Waals surface area contributed by atoms with E-state index in [9.17, 15) is 4.79 Å². The van der Waals surface area contributed by atoms with Crippen molar-refractivity contribution >= 4 is 5.97 Å². The maximum atomic E-state index is 12.3. The average molecular weight is 411 g/mol. The van der Waals surface area contributed by atoms with Crippen LogP contribution in [0.4, 0.5) is 0 Å². The van der Waals surface area contributed by atoms with Crippen LogP contribution in [-0.4, -0.2) is 30.2 Å². The highest BCUT2D eigenvalue weighted by atomic mass is 16.8. The van der Waals surface area contributed by atoms with Gasteiger partial charge in [0.2, 0.25) is 0 Å². The molecule has 0 saturated carbocycles. The lowest BCUT2D eigenvalue weighted by Gasteiger charge is -2.45. The molecule has 0 amide bonds. The molecule has 5 heteroatoms. The van der Waals surface area contributed by atoms with E-state index in [4.69, 9.17) is 9.57 Å². The van der Waals surface area contributed by atoms with E-state index in [1.54, 1.807) is 0 Å². The Morgan fingerprint density at radius 1 is 1.17 bits per heavy atom. The fraction of sp³-hybridized carbons (Fsp3) is 0.560. The van der Waals surface area contributed by atoms with Crippen molar-refractivity contribution in [1.82, 2.24) is 10.4 Å². The maximum absolute atomic E-state index is 12.3. The van der Waals surface area contributed by atoms with Crippen LogP contribution in [0.2, 0.25) is 0 Å². The molecular formula is C25H34N2O3. The van der Waals surface area contributed by atoms with Crippen LogP contribution in [0.3, 0.4) is 0 Å². The first kappa shape index (κ1) is 21.1. The van der Waals surface area contributed by atoms with Crippen molar-refractivity contribution in [3.63, 3.8) is 0 Å². The van der Waals surface area contributed by atoms with Crippen molar-refractivity contribution in [1.29, 1.82) is 0 Å². The molecule has 1 aromatic carbocycles. The van der Waals surface area contributed by atoms with Crippen LogP contribution in [0.1, 0.15) is 71.1 Å². The second-order valence-electron chi connectivity index (χ2n) is 9.89. The van der Waals surface area contributed by atoms with Crippen LogP contribution in [0.15, 0.2) is 42.1 Å². The summed E-state index contributed by atoms with van der Waals surface area (Å²) in [7, 11) is 0. The van der Waals surface area contributed by atoms with E-state index in [2.05, 4.69) is 69.3 Å². The Balaban J connectivity index is 1.82. The summed E-state index contributed by atoms with van der Waals surface area (Å²) >= 11 is 0. The molecule has 0 radical (unpaired) electrons. The third-order valence-electron chi connectivity index (χ3n) is 7.09. The van der Waals surface area contributed by atoms with Gasteiger partial charge in [0, 0.05) is 12.7 Å². The first-order chi connectivity index (χ1) is 14.2. The zero-order valence-corrected chi connectivity index (χ0v) is 19.0. The van der Waals surface area contributed by atoms with Crippen molar-refractivity contribution in [3.05, 3.63) is 58.8 Å². The summed E-state index contributed by atoms with van der Waals surface area (Å²) in [5, 5.41) is 0. The number of hydrogen-bond acceptors (Lipinski definition) is 5. The SMILES string of the molecule is CCOC(=O)C1=CN(CC)C(c2ccc3c(c2)C(C)(C)CCC3(C)C)(C2NO2)C=C1. The van der Waals surface area contributed by atoms with Gasteiger partial charge in [-0.15, -0.1) is 0 Å². The number of likely N-dealkylation sites (N-methyl/N-ethyl adjacent to an activating group) is 1. The summed E-state index contributed by atoms with van der Waals surface area (Å²) in [5.74, 6) is -0.293. The van der Waals surface area contributed by atoms with Crippen molar-refractivity contribution in [3.8, 4) is 0 Å². The Bertz CT molecular complexity index is 911. The monoisotopic (exact) mass is 410 g/mol. The lowest BCUT2D eigenvalue weighted by molar-refractivity contribution is -0.138. The Hall–Kier alpha value is -2.11.